The SMILES string of the molecule is CCCCCCCCCCCC(C=O)B(O)O. The molecule has 3 nitrogen and oxygen atoms in total. The van der Waals surface area contributed by atoms with Crippen LogP contribution in [0.4, 0.5) is 0 Å². The van der Waals surface area contributed by atoms with Crippen LogP contribution in [0.15, 0.2) is 0 Å². The number of carbonyl (C=O) groups excluding carboxylic acids is 1. The van der Waals surface area contributed by atoms with Gasteiger partial charge in [-0.1, -0.05) is 64.7 Å². The van der Waals surface area contributed by atoms with Crippen LogP contribution in [-0.2, 0) is 4.79 Å². The zero-order chi connectivity index (χ0) is 12.9. The molecule has 4 heteroatoms. The average molecular weight is 242 g/mol. The molecule has 1 atom stereocenters. The maximum absolute atomic E-state index is 10.5. The Bertz CT molecular complexity index is 174. The summed E-state index contributed by atoms with van der Waals surface area (Å²) in [6, 6.07) is 0. The number of carbonyl (C=O) groups is 1. The molecular weight excluding hydrogens is 215 g/mol. The molecule has 1 unspecified atom stereocenters. The van der Waals surface area contributed by atoms with E-state index in [-0.39, 0.29) is 0 Å². The molecular formula is C13H27BO3. The molecule has 0 heterocycles. The van der Waals surface area contributed by atoms with E-state index < -0.39 is 12.9 Å². The molecule has 0 aromatic heterocycles. The Labute approximate surface area is 106 Å². The van der Waals surface area contributed by atoms with Crippen LogP contribution in [0.25, 0.3) is 0 Å². The van der Waals surface area contributed by atoms with Gasteiger partial charge in [-0.3, -0.25) is 0 Å². The van der Waals surface area contributed by atoms with Gasteiger partial charge in [-0.25, -0.2) is 0 Å². The van der Waals surface area contributed by atoms with E-state index in [0.29, 0.717) is 12.7 Å². The molecule has 0 spiro atoms. The number of aldehydes is 1. The first-order valence-corrected chi connectivity index (χ1v) is 7.03. The van der Waals surface area contributed by atoms with Crippen LogP contribution in [0.5, 0.6) is 0 Å². The van der Waals surface area contributed by atoms with E-state index in [0.717, 1.165) is 12.8 Å². The van der Waals surface area contributed by atoms with E-state index >= 15 is 0 Å². The van der Waals surface area contributed by atoms with Gasteiger partial charge in [0.1, 0.15) is 6.29 Å². The predicted molar refractivity (Wildman–Crippen MR) is 71.8 cm³/mol. The van der Waals surface area contributed by atoms with Crippen LogP contribution in [0.1, 0.15) is 71.1 Å². The van der Waals surface area contributed by atoms with Gasteiger partial charge in [-0.15, -0.1) is 0 Å². The molecule has 0 bridgehead atoms. The van der Waals surface area contributed by atoms with E-state index in [2.05, 4.69) is 6.92 Å². The molecule has 2 N–H and O–H groups in total. The first-order valence-electron chi connectivity index (χ1n) is 7.03. The second kappa shape index (κ2) is 12.1. The fourth-order valence-electron chi connectivity index (χ4n) is 1.98. The van der Waals surface area contributed by atoms with Gasteiger partial charge in [0.05, 0.1) is 0 Å². The normalized spacial score (nSPS) is 12.4. The summed E-state index contributed by atoms with van der Waals surface area (Å²) in [5, 5.41) is 17.7. The van der Waals surface area contributed by atoms with Crippen LogP contribution >= 0.6 is 0 Å². The first kappa shape index (κ1) is 16.7. The van der Waals surface area contributed by atoms with Crippen LogP contribution < -0.4 is 0 Å². The van der Waals surface area contributed by atoms with Gasteiger partial charge < -0.3 is 14.8 Å². The zero-order valence-corrected chi connectivity index (χ0v) is 11.1. The molecule has 0 radical (unpaired) electrons. The maximum Gasteiger partial charge on any atom is 0.462 e. The Morgan fingerprint density at radius 2 is 1.41 bits per heavy atom. The lowest BCUT2D eigenvalue weighted by Gasteiger charge is -2.07. The fraction of sp³-hybridized carbons (Fsp3) is 0.923. The highest BCUT2D eigenvalue weighted by Crippen LogP contribution is 2.16. The Morgan fingerprint density at radius 1 is 0.941 bits per heavy atom. The van der Waals surface area contributed by atoms with Crippen LogP contribution in [-0.4, -0.2) is 23.5 Å². The van der Waals surface area contributed by atoms with E-state index in [1.807, 2.05) is 0 Å². The Kier molecular flexibility index (Phi) is 11.9. The third kappa shape index (κ3) is 10.5. The van der Waals surface area contributed by atoms with Gasteiger partial charge in [-0.2, -0.15) is 0 Å². The van der Waals surface area contributed by atoms with Crippen molar-refractivity contribution in [3.8, 4) is 0 Å². The third-order valence-corrected chi connectivity index (χ3v) is 3.20. The minimum absolute atomic E-state index is 0.594. The van der Waals surface area contributed by atoms with Crippen molar-refractivity contribution in [2.75, 3.05) is 0 Å². The van der Waals surface area contributed by atoms with E-state index in [1.54, 1.807) is 0 Å². The van der Waals surface area contributed by atoms with Gasteiger partial charge in [0.15, 0.2) is 0 Å². The quantitative estimate of drug-likeness (QED) is 0.314. The average Bonchev–Trinajstić information content (AvgIpc) is 2.31. The molecule has 0 aromatic rings. The fourth-order valence-corrected chi connectivity index (χ4v) is 1.98. The molecule has 0 aliphatic rings. The number of hydrogen-bond donors (Lipinski definition) is 2. The second-order valence-corrected chi connectivity index (χ2v) is 4.83. The number of hydrogen-bond acceptors (Lipinski definition) is 3. The lowest BCUT2D eigenvalue weighted by Crippen LogP contribution is -2.21. The highest BCUT2D eigenvalue weighted by molar-refractivity contribution is 6.47. The minimum atomic E-state index is -1.48. The summed E-state index contributed by atoms with van der Waals surface area (Å²) in [5.41, 5.74) is 0. The zero-order valence-electron chi connectivity index (χ0n) is 11.1. The Balaban J connectivity index is 3.20. The molecule has 0 aliphatic heterocycles. The molecule has 0 aromatic carbocycles. The summed E-state index contributed by atoms with van der Waals surface area (Å²) >= 11 is 0. The summed E-state index contributed by atoms with van der Waals surface area (Å²) in [5.74, 6) is -0.598. The molecule has 0 amide bonds. The summed E-state index contributed by atoms with van der Waals surface area (Å²) in [4.78, 5) is 10.5. The standard InChI is InChI=1S/C13H27BO3/c1-2-3-4-5-6-7-8-9-10-11-13(12-15)14(16)17/h12-13,16-17H,2-11H2,1H3. The second-order valence-electron chi connectivity index (χ2n) is 4.83. The van der Waals surface area contributed by atoms with Crippen LogP contribution in [0.3, 0.4) is 0 Å². The van der Waals surface area contributed by atoms with E-state index in [4.69, 9.17) is 10.0 Å². The van der Waals surface area contributed by atoms with Crippen molar-refractivity contribution in [2.24, 2.45) is 0 Å². The van der Waals surface area contributed by atoms with Crippen molar-refractivity contribution in [3.05, 3.63) is 0 Å². The maximum atomic E-state index is 10.5. The molecule has 100 valence electrons. The molecule has 0 aliphatic carbocycles. The van der Waals surface area contributed by atoms with Crippen molar-refractivity contribution in [1.82, 2.24) is 0 Å². The molecule has 17 heavy (non-hydrogen) atoms. The predicted octanol–water partition coefficient (Wildman–Crippen LogP) is 2.95. The van der Waals surface area contributed by atoms with Gasteiger partial charge in [-0.05, 0) is 6.42 Å². The lowest BCUT2D eigenvalue weighted by atomic mass is 9.71. The van der Waals surface area contributed by atoms with Gasteiger partial charge in [0.25, 0.3) is 0 Å². The molecule has 0 fully saturated rings. The van der Waals surface area contributed by atoms with Gasteiger partial charge in [0, 0.05) is 5.82 Å². The summed E-state index contributed by atoms with van der Waals surface area (Å²) in [6.07, 6.45) is 12.3. The number of unbranched alkanes of at least 4 members (excludes halogenated alkanes) is 8. The van der Waals surface area contributed by atoms with Gasteiger partial charge in [0.2, 0.25) is 0 Å². The van der Waals surface area contributed by atoms with Crippen LogP contribution in [0.2, 0.25) is 5.82 Å². The highest BCUT2D eigenvalue weighted by atomic mass is 16.4. The third-order valence-electron chi connectivity index (χ3n) is 3.20. The molecule has 0 saturated carbocycles. The monoisotopic (exact) mass is 242 g/mol. The molecule has 0 rings (SSSR count). The van der Waals surface area contributed by atoms with E-state index in [1.165, 1.54) is 44.9 Å². The van der Waals surface area contributed by atoms with Crippen molar-refractivity contribution < 1.29 is 14.8 Å². The van der Waals surface area contributed by atoms with Crippen molar-refractivity contribution in [3.63, 3.8) is 0 Å². The smallest absolute Gasteiger partial charge is 0.427 e. The first-order chi connectivity index (χ1) is 8.22. The van der Waals surface area contributed by atoms with Crippen LogP contribution in [0, 0.1) is 0 Å². The lowest BCUT2D eigenvalue weighted by molar-refractivity contribution is -0.108. The minimum Gasteiger partial charge on any atom is -0.427 e. The highest BCUT2D eigenvalue weighted by Gasteiger charge is 2.21. The van der Waals surface area contributed by atoms with Gasteiger partial charge >= 0.3 is 7.12 Å². The summed E-state index contributed by atoms with van der Waals surface area (Å²) in [6.45, 7) is 2.22. The summed E-state index contributed by atoms with van der Waals surface area (Å²) < 4.78 is 0. The Hall–Kier alpha value is -0.345. The number of rotatable bonds is 12. The van der Waals surface area contributed by atoms with E-state index in [9.17, 15) is 4.79 Å². The largest absolute Gasteiger partial charge is 0.462 e. The Morgan fingerprint density at radius 3 is 1.82 bits per heavy atom. The van der Waals surface area contributed by atoms with Crippen molar-refractivity contribution >= 4 is 13.4 Å². The summed E-state index contributed by atoms with van der Waals surface area (Å²) in [7, 11) is -1.48. The molecule has 0 saturated heterocycles. The van der Waals surface area contributed by atoms with Crippen molar-refractivity contribution in [2.45, 2.75) is 76.9 Å². The topological polar surface area (TPSA) is 57.5 Å². The van der Waals surface area contributed by atoms with Crippen molar-refractivity contribution in [1.29, 1.82) is 0 Å².